The Bertz CT molecular complexity index is 149. The standard InChI is InChI=1S/2C5H5.B.Ti/c2*1-2-4-5-3-1;;/h2*1-5H;;/q3*-1;+3. The monoisotopic (exact) mass is 189 g/mol. The Labute approximate surface area is 90.8 Å². The first-order chi connectivity index (χ1) is 5.00. The van der Waals surface area contributed by atoms with Crippen LogP contribution in [0.15, 0.2) is 60.7 Å². The van der Waals surface area contributed by atoms with Gasteiger partial charge in [0.25, 0.3) is 0 Å². The Morgan fingerprint density at radius 3 is 0.917 bits per heavy atom. The molecule has 57 valence electrons. The summed E-state index contributed by atoms with van der Waals surface area (Å²) in [6, 6.07) is 20.0. The summed E-state index contributed by atoms with van der Waals surface area (Å²) in [6.07, 6.45) is 0. The number of hydrogen-bond donors (Lipinski definition) is 0. The molecule has 2 rings (SSSR count). The normalized spacial score (nSPS) is 6.67. The molecule has 0 heterocycles. The minimum atomic E-state index is 0. The average molecular weight is 189 g/mol. The van der Waals surface area contributed by atoms with E-state index in [0.29, 0.717) is 0 Å². The Morgan fingerprint density at radius 2 is 0.833 bits per heavy atom. The molecule has 0 saturated carbocycles. The van der Waals surface area contributed by atoms with E-state index in [-0.39, 0.29) is 30.1 Å². The van der Waals surface area contributed by atoms with E-state index in [4.69, 9.17) is 0 Å². The molecular weight excluding hydrogens is 179 g/mol. The molecule has 0 atom stereocenters. The van der Waals surface area contributed by atoms with Crippen LogP contribution >= 0.6 is 0 Å². The van der Waals surface area contributed by atoms with E-state index in [9.17, 15) is 0 Å². The van der Waals surface area contributed by atoms with Gasteiger partial charge < -0.3 is 8.41 Å². The Kier molecular flexibility index (Phi) is 12.3. The molecule has 0 aliphatic carbocycles. The fourth-order valence-corrected chi connectivity index (χ4v) is 0.642. The summed E-state index contributed by atoms with van der Waals surface area (Å²) >= 11 is 0. The predicted octanol–water partition coefficient (Wildman–Crippen LogP) is 2.43. The van der Waals surface area contributed by atoms with Gasteiger partial charge in [-0.05, 0) is 0 Å². The van der Waals surface area contributed by atoms with Crippen molar-refractivity contribution in [1.82, 2.24) is 0 Å². The molecule has 2 heteroatoms. The van der Waals surface area contributed by atoms with Crippen LogP contribution in [0.3, 0.4) is 0 Å². The summed E-state index contributed by atoms with van der Waals surface area (Å²) in [5.41, 5.74) is 0. The molecule has 0 aromatic heterocycles. The molecule has 0 amide bonds. The van der Waals surface area contributed by atoms with Gasteiger partial charge in [-0.15, -0.1) is 0 Å². The molecule has 0 bridgehead atoms. The summed E-state index contributed by atoms with van der Waals surface area (Å²) in [5.74, 6) is 0. The van der Waals surface area contributed by atoms with E-state index in [1.54, 1.807) is 0 Å². The van der Waals surface area contributed by atoms with Gasteiger partial charge in [-0.1, -0.05) is 0 Å². The van der Waals surface area contributed by atoms with Crippen LogP contribution in [0.5, 0.6) is 0 Å². The van der Waals surface area contributed by atoms with E-state index < -0.39 is 0 Å². The summed E-state index contributed by atoms with van der Waals surface area (Å²) in [7, 11) is 0. The smallest absolute Gasteiger partial charge is 1.00 e. The third-order valence-electron chi connectivity index (χ3n) is 1.11. The van der Waals surface area contributed by atoms with Gasteiger partial charge in [0.05, 0.1) is 0 Å². The molecule has 0 fully saturated rings. The third kappa shape index (κ3) is 7.58. The van der Waals surface area contributed by atoms with Gasteiger partial charge in [-0.3, -0.25) is 0 Å². The molecule has 0 saturated heterocycles. The van der Waals surface area contributed by atoms with Crippen molar-refractivity contribution < 1.29 is 21.7 Å². The van der Waals surface area contributed by atoms with Crippen LogP contribution in [-0.2, 0) is 21.7 Å². The molecule has 5 radical (unpaired) electrons. The SMILES string of the molecule is [B-].[Ti+3].c1cc[cH-]c1.c1cc[cH-]c1. The molecule has 0 spiro atoms. The molecule has 0 unspecified atom stereocenters. The first kappa shape index (κ1) is 14.0. The minimum Gasteiger partial charge on any atom is -1.00 e. The zero-order valence-electron chi connectivity index (χ0n) is 6.85. The van der Waals surface area contributed by atoms with Crippen molar-refractivity contribution in [1.29, 1.82) is 0 Å². The molecule has 0 N–H and O–H groups in total. The van der Waals surface area contributed by atoms with Crippen LogP contribution in [-0.4, -0.2) is 8.41 Å². The summed E-state index contributed by atoms with van der Waals surface area (Å²) in [4.78, 5) is 0. The van der Waals surface area contributed by atoms with Gasteiger partial charge in [0, 0.05) is 0 Å². The number of hydrogen-bond acceptors (Lipinski definition) is 0. The first-order valence-electron chi connectivity index (χ1n) is 3.33. The zero-order valence-corrected chi connectivity index (χ0v) is 8.41. The van der Waals surface area contributed by atoms with Crippen molar-refractivity contribution in [3.8, 4) is 0 Å². The number of rotatable bonds is 0. The maximum Gasteiger partial charge on any atom is 3.00 e. The van der Waals surface area contributed by atoms with Crippen molar-refractivity contribution in [2.24, 2.45) is 0 Å². The summed E-state index contributed by atoms with van der Waals surface area (Å²) in [6.45, 7) is 0. The third-order valence-corrected chi connectivity index (χ3v) is 1.11. The first-order valence-corrected chi connectivity index (χ1v) is 3.33. The van der Waals surface area contributed by atoms with Crippen molar-refractivity contribution in [2.45, 2.75) is 0 Å². The topological polar surface area (TPSA) is 0 Å². The van der Waals surface area contributed by atoms with Crippen LogP contribution in [0.4, 0.5) is 0 Å². The maximum atomic E-state index is 2.00. The Balaban J connectivity index is 0. The van der Waals surface area contributed by atoms with Gasteiger partial charge in [0.15, 0.2) is 0 Å². The van der Waals surface area contributed by atoms with Crippen LogP contribution < -0.4 is 0 Å². The fourth-order valence-electron chi connectivity index (χ4n) is 0.642. The second-order valence-corrected chi connectivity index (χ2v) is 1.92. The van der Waals surface area contributed by atoms with Gasteiger partial charge in [0.1, 0.15) is 0 Å². The second kappa shape index (κ2) is 10.5. The van der Waals surface area contributed by atoms with E-state index >= 15 is 0 Å². The maximum absolute atomic E-state index is 2.00. The molecule has 2 aromatic rings. The van der Waals surface area contributed by atoms with Crippen molar-refractivity contribution >= 4 is 8.41 Å². The molecule has 0 aliphatic heterocycles. The van der Waals surface area contributed by atoms with Gasteiger partial charge in [0.2, 0.25) is 0 Å². The van der Waals surface area contributed by atoms with Gasteiger partial charge >= 0.3 is 21.7 Å². The summed E-state index contributed by atoms with van der Waals surface area (Å²) < 4.78 is 0. The van der Waals surface area contributed by atoms with E-state index in [2.05, 4.69) is 0 Å². The van der Waals surface area contributed by atoms with Crippen LogP contribution in [0, 0.1) is 0 Å². The van der Waals surface area contributed by atoms with E-state index in [0.717, 1.165) is 0 Å². The van der Waals surface area contributed by atoms with Crippen molar-refractivity contribution in [3.05, 3.63) is 60.7 Å². The summed E-state index contributed by atoms with van der Waals surface area (Å²) in [5, 5.41) is 0. The Morgan fingerprint density at radius 1 is 0.583 bits per heavy atom. The van der Waals surface area contributed by atoms with E-state index in [1.807, 2.05) is 60.7 Å². The second-order valence-electron chi connectivity index (χ2n) is 1.92. The molecule has 12 heavy (non-hydrogen) atoms. The molecular formula is C10H10BTi. The average Bonchev–Trinajstić information content (AvgIpc) is 2.67. The molecule has 0 aliphatic rings. The van der Waals surface area contributed by atoms with Crippen molar-refractivity contribution in [3.63, 3.8) is 0 Å². The predicted molar refractivity (Wildman–Crippen MR) is 49.8 cm³/mol. The van der Waals surface area contributed by atoms with Crippen LogP contribution in [0.25, 0.3) is 0 Å². The molecule has 2 aromatic carbocycles. The Hall–Kier alpha value is -0.521. The minimum absolute atomic E-state index is 0. The molecule has 0 nitrogen and oxygen atoms in total. The fraction of sp³-hybridized carbons (Fsp3) is 0. The zero-order chi connectivity index (χ0) is 7.07. The largest absolute Gasteiger partial charge is 3.00 e. The van der Waals surface area contributed by atoms with Crippen molar-refractivity contribution in [2.75, 3.05) is 0 Å². The van der Waals surface area contributed by atoms with Gasteiger partial charge in [-0.2, -0.15) is 36.4 Å². The van der Waals surface area contributed by atoms with Crippen LogP contribution in [0.2, 0.25) is 0 Å². The van der Waals surface area contributed by atoms with Crippen LogP contribution in [0.1, 0.15) is 0 Å². The van der Waals surface area contributed by atoms with E-state index in [1.165, 1.54) is 0 Å². The quantitative estimate of drug-likeness (QED) is 0.440. The van der Waals surface area contributed by atoms with Gasteiger partial charge in [-0.25, -0.2) is 24.3 Å².